The van der Waals surface area contributed by atoms with E-state index in [0.717, 1.165) is 19.3 Å². The number of allylic oxidation sites excluding steroid dienone is 5. The molecule has 0 amide bonds. The molecule has 5 atom stereocenters. The minimum absolute atomic E-state index is 0.0451. The smallest absolute Gasteiger partial charge is 0.155 e. The predicted octanol–water partition coefficient (Wildman–Crippen LogP) is 4.75. The van der Waals surface area contributed by atoms with Gasteiger partial charge in [-0.25, -0.2) is 0 Å². The lowest BCUT2D eigenvalue weighted by atomic mass is 9.46. The second-order valence-corrected chi connectivity index (χ2v) is 9.63. The highest BCUT2D eigenvalue weighted by Gasteiger charge is 2.56. The molecule has 1 heterocycles. The van der Waals surface area contributed by atoms with E-state index >= 15 is 0 Å². The molecule has 0 bridgehead atoms. The SMILES string of the molecule is C[C@]12CCC3C(CC(CO)C4=CC(=O)CC[C@@]43C)C1=CC=C2c1cccnc1. The molecule has 3 nitrogen and oxygen atoms in total. The van der Waals surface area contributed by atoms with Gasteiger partial charge < -0.3 is 5.11 Å². The van der Waals surface area contributed by atoms with Crippen molar-refractivity contribution < 1.29 is 9.90 Å². The molecule has 28 heavy (non-hydrogen) atoms. The van der Waals surface area contributed by atoms with Crippen LogP contribution < -0.4 is 0 Å². The number of rotatable bonds is 2. The number of fused-ring (bicyclic) bond motifs is 5. The Balaban J connectivity index is 1.53. The monoisotopic (exact) mass is 375 g/mol. The number of aliphatic hydroxyl groups is 1. The van der Waals surface area contributed by atoms with Gasteiger partial charge in [-0.15, -0.1) is 0 Å². The summed E-state index contributed by atoms with van der Waals surface area (Å²) in [6.45, 7) is 4.90. The second kappa shape index (κ2) is 6.25. The summed E-state index contributed by atoms with van der Waals surface area (Å²) in [5.74, 6) is 1.40. The van der Waals surface area contributed by atoms with Crippen LogP contribution in [-0.4, -0.2) is 22.5 Å². The first-order valence-corrected chi connectivity index (χ1v) is 10.7. The van der Waals surface area contributed by atoms with Crippen molar-refractivity contribution in [3.05, 3.63) is 59.5 Å². The Hall–Kier alpha value is -2.00. The molecular weight excluding hydrogens is 346 g/mol. The molecule has 0 saturated heterocycles. The number of hydrogen-bond donors (Lipinski definition) is 1. The largest absolute Gasteiger partial charge is 0.396 e. The molecule has 4 aliphatic rings. The summed E-state index contributed by atoms with van der Waals surface area (Å²) in [4.78, 5) is 16.5. The zero-order valence-corrected chi connectivity index (χ0v) is 16.8. The van der Waals surface area contributed by atoms with Crippen LogP contribution in [0.1, 0.15) is 51.5 Å². The highest BCUT2D eigenvalue weighted by atomic mass is 16.3. The van der Waals surface area contributed by atoms with Crippen molar-refractivity contribution in [3.63, 3.8) is 0 Å². The van der Waals surface area contributed by atoms with Crippen molar-refractivity contribution >= 4 is 11.4 Å². The molecule has 1 aromatic heterocycles. The zero-order valence-electron chi connectivity index (χ0n) is 16.8. The van der Waals surface area contributed by atoms with E-state index < -0.39 is 0 Å². The maximum atomic E-state index is 12.1. The van der Waals surface area contributed by atoms with Gasteiger partial charge in [0.1, 0.15) is 0 Å². The molecule has 0 spiro atoms. The maximum Gasteiger partial charge on any atom is 0.155 e. The van der Waals surface area contributed by atoms with E-state index in [-0.39, 0.29) is 29.1 Å². The summed E-state index contributed by atoms with van der Waals surface area (Å²) < 4.78 is 0. The first kappa shape index (κ1) is 18.1. The fourth-order valence-electron chi connectivity index (χ4n) is 6.89. The van der Waals surface area contributed by atoms with Crippen LogP contribution in [0.25, 0.3) is 5.57 Å². The summed E-state index contributed by atoms with van der Waals surface area (Å²) in [6, 6.07) is 4.18. The summed E-state index contributed by atoms with van der Waals surface area (Å²) in [5.41, 5.74) is 5.49. The van der Waals surface area contributed by atoms with Crippen molar-refractivity contribution in [3.8, 4) is 0 Å². The van der Waals surface area contributed by atoms with Crippen LogP contribution in [0.3, 0.4) is 0 Å². The van der Waals surface area contributed by atoms with Crippen molar-refractivity contribution in [1.29, 1.82) is 0 Å². The van der Waals surface area contributed by atoms with Crippen LogP contribution in [-0.2, 0) is 4.79 Å². The minimum atomic E-state index is 0.0451. The van der Waals surface area contributed by atoms with Crippen LogP contribution in [0.15, 0.2) is 53.9 Å². The second-order valence-electron chi connectivity index (χ2n) is 9.63. The number of hydrogen-bond acceptors (Lipinski definition) is 3. The maximum absolute atomic E-state index is 12.1. The van der Waals surface area contributed by atoms with E-state index in [4.69, 9.17) is 0 Å². The summed E-state index contributed by atoms with van der Waals surface area (Å²) >= 11 is 0. The number of carbonyl (C=O) groups is 1. The van der Waals surface area contributed by atoms with Gasteiger partial charge in [0.25, 0.3) is 0 Å². The first-order chi connectivity index (χ1) is 13.5. The Labute approximate surface area is 167 Å². The van der Waals surface area contributed by atoms with E-state index in [2.05, 4.69) is 37.0 Å². The fourth-order valence-corrected chi connectivity index (χ4v) is 6.89. The number of nitrogens with zero attached hydrogens (tertiary/aromatic N) is 1. The molecule has 5 rings (SSSR count). The van der Waals surface area contributed by atoms with Crippen molar-refractivity contribution in [2.45, 2.75) is 46.0 Å². The van der Waals surface area contributed by atoms with E-state index in [0.29, 0.717) is 18.3 Å². The van der Waals surface area contributed by atoms with Gasteiger partial charge in [0.2, 0.25) is 0 Å². The Morgan fingerprint density at radius 1 is 1.21 bits per heavy atom. The quantitative estimate of drug-likeness (QED) is 0.812. The topological polar surface area (TPSA) is 50.2 Å². The Morgan fingerprint density at radius 2 is 2.07 bits per heavy atom. The van der Waals surface area contributed by atoms with Crippen LogP contribution in [0, 0.1) is 28.6 Å². The van der Waals surface area contributed by atoms with E-state index in [1.165, 1.54) is 23.1 Å². The van der Waals surface area contributed by atoms with Gasteiger partial charge in [-0.3, -0.25) is 9.78 Å². The van der Waals surface area contributed by atoms with Gasteiger partial charge >= 0.3 is 0 Å². The fraction of sp³-hybridized carbons (Fsp3) is 0.520. The lowest BCUT2D eigenvalue weighted by Crippen LogP contribution is -2.50. The third kappa shape index (κ3) is 2.38. The number of carbonyl (C=O) groups excluding carboxylic acids is 1. The average molecular weight is 376 g/mol. The first-order valence-electron chi connectivity index (χ1n) is 10.7. The predicted molar refractivity (Wildman–Crippen MR) is 110 cm³/mol. The van der Waals surface area contributed by atoms with Gasteiger partial charge in [-0.2, -0.15) is 0 Å². The number of aliphatic hydroxyl groups excluding tert-OH is 1. The molecule has 0 aliphatic heterocycles. The van der Waals surface area contributed by atoms with Crippen molar-refractivity contribution in [2.75, 3.05) is 6.61 Å². The van der Waals surface area contributed by atoms with E-state index in [1.54, 1.807) is 5.57 Å². The summed E-state index contributed by atoms with van der Waals surface area (Å²) in [7, 11) is 0. The molecule has 0 radical (unpaired) electrons. The van der Waals surface area contributed by atoms with Crippen LogP contribution in [0.5, 0.6) is 0 Å². The average Bonchev–Trinajstić information content (AvgIpc) is 3.06. The molecule has 146 valence electrons. The zero-order chi connectivity index (χ0) is 19.5. The molecule has 3 heteroatoms. The van der Waals surface area contributed by atoms with Crippen LogP contribution in [0.2, 0.25) is 0 Å². The highest BCUT2D eigenvalue weighted by molar-refractivity contribution is 5.91. The third-order valence-corrected chi connectivity index (χ3v) is 8.36. The van der Waals surface area contributed by atoms with Gasteiger partial charge in [-0.1, -0.05) is 43.2 Å². The molecule has 2 saturated carbocycles. The van der Waals surface area contributed by atoms with Gasteiger partial charge in [0.05, 0.1) is 0 Å². The number of ketones is 1. The highest BCUT2D eigenvalue weighted by Crippen LogP contribution is 2.66. The normalized spacial score (nSPS) is 39.3. The minimum Gasteiger partial charge on any atom is -0.396 e. The van der Waals surface area contributed by atoms with Gasteiger partial charge in [0.15, 0.2) is 5.78 Å². The third-order valence-electron chi connectivity index (χ3n) is 8.36. The van der Waals surface area contributed by atoms with E-state index in [1.807, 2.05) is 24.5 Å². The van der Waals surface area contributed by atoms with Crippen LogP contribution >= 0.6 is 0 Å². The Bertz CT molecular complexity index is 912. The summed E-state index contributed by atoms with van der Waals surface area (Å²) in [6.07, 6.45) is 15.2. The molecule has 2 fully saturated rings. The molecule has 1 N–H and O–H groups in total. The lowest BCUT2D eigenvalue weighted by molar-refractivity contribution is -0.116. The lowest BCUT2D eigenvalue weighted by Gasteiger charge is -2.58. The van der Waals surface area contributed by atoms with Crippen molar-refractivity contribution in [2.24, 2.45) is 28.6 Å². The standard InChI is InChI=1S/C25H29NO2/c1-24-10-8-22-19(21(24)6-5-20(24)16-4-3-11-26-14-16)12-17(15-27)23-13-18(28)7-9-25(22,23)2/h3-6,11,13-14,17,19,22,27H,7-10,12,15H2,1-2H3/t17?,19?,22?,24-,25-/m1/s1. The Kier molecular flexibility index (Phi) is 4.03. The van der Waals surface area contributed by atoms with Gasteiger partial charge in [0, 0.05) is 36.8 Å². The van der Waals surface area contributed by atoms with E-state index in [9.17, 15) is 9.90 Å². The molecule has 4 aliphatic carbocycles. The number of pyridine rings is 1. The van der Waals surface area contributed by atoms with Gasteiger partial charge in [-0.05, 0) is 66.2 Å². The molecule has 1 aromatic rings. The molecular formula is C25H29NO2. The Morgan fingerprint density at radius 3 is 2.82 bits per heavy atom. The molecule has 0 aromatic carbocycles. The number of aromatic nitrogens is 1. The van der Waals surface area contributed by atoms with Crippen LogP contribution in [0.4, 0.5) is 0 Å². The molecule has 3 unspecified atom stereocenters. The van der Waals surface area contributed by atoms with Crippen molar-refractivity contribution in [1.82, 2.24) is 4.98 Å². The summed E-state index contributed by atoms with van der Waals surface area (Å²) in [5, 5.41) is 10.2.